The van der Waals surface area contributed by atoms with Crippen LogP contribution in [0.25, 0.3) is 0 Å². The molecule has 3 rings (SSSR count). The van der Waals surface area contributed by atoms with Gasteiger partial charge in [0.15, 0.2) is 11.9 Å². The van der Waals surface area contributed by atoms with Crippen molar-refractivity contribution in [3.63, 3.8) is 0 Å². The first-order valence-electron chi connectivity index (χ1n) is 8.55. The van der Waals surface area contributed by atoms with Crippen molar-refractivity contribution < 1.29 is 14.3 Å². The molecule has 1 atom stereocenters. The standard InChI is InChI=1S/C22H17ClN2O3/c1-15(27-19-10-7-16(14-24)8-11-19)22(26)25-20-13-17(23)9-12-21(20)28-18-5-3-2-4-6-18/h2-13,15H,1H3,(H,25,26). The van der Waals surface area contributed by atoms with Gasteiger partial charge in [-0.2, -0.15) is 5.26 Å². The first kappa shape index (κ1) is 19.3. The minimum Gasteiger partial charge on any atom is -0.481 e. The molecule has 1 N–H and O–H groups in total. The third-order valence-corrected chi connectivity index (χ3v) is 4.07. The van der Waals surface area contributed by atoms with Gasteiger partial charge in [0.25, 0.3) is 5.91 Å². The van der Waals surface area contributed by atoms with Crippen molar-refractivity contribution in [2.75, 3.05) is 5.32 Å². The minimum atomic E-state index is -0.767. The van der Waals surface area contributed by atoms with Crippen LogP contribution in [0.4, 0.5) is 5.69 Å². The lowest BCUT2D eigenvalue weighted by Gasteiger charge is -2.17. The number of carbonyl (C=O) groups excluding carboxylic acids is 1. The zero-order chi connectivity index (χ0) is 19.9. The minimum absolute atomic E-state index is 0.357. The van der Waals surface area contributed by atoms with Crippen molar-refractivity contribution in [1.82, 2.24) is 0 Å². The first-order chi connectivity index (χ1) is 13.5. The van der Waals surface area contributed by atoms with E-state index >= 15 is 0 Å². The average molecular weight is 393 g/mol. The third kappa shape index (κ3) is 5.03. The number of ether oxygens (including phenoxy) is 2. The summed E-state index contributed by atoms with van der Waals surface area (Å²) in [5.41, 5.74) is 0.961. The number of nitriles is 1. The maximum atomic E-state index is 12.6. The number of anilines is 1. The molecule has 3 aromatic carbocycles. The van der Waals surface area contributed by atoms with E-state index < -0.39 is 6.10 Å². The highest BCUT2D eigenvalue weighted by Gasteiger charge is 2.17. The van der Waals surface area contributed by atoms with Crippen molar-refractivity contribution >= 4 is 23.2 Å². The fourth-order valence-electron chi connectivity index (χ4n) is 2.40. The lowest BCUT2D eigenvalue weighted by Crippen LogP contribution is -2.30. The summed E-state index contributed by atoms with van der Waals surface area (Å²) < 4.78 is 11.5. The quantitative estimate of drug-likeness (QED) is 0.608. The van der Waals surface area contributed by atoms with Gasteiger partial charge in [0.05, 0.1) is 17.3 Å². The van der Waals surface area contributed by atoms with Gasteiger partial charge in [-0.15, -0.1) is 0 Å². The smallest absolute Gasteiger partial charge is 0.265 e. The Morgan fingerprint density at radius 3 is 2.43 bits per heavy atom. The Morgan fingerprint density at radius 1 is 1.04 bits per heavy atom. The van der Waals surface area contributed by atoms with E-state index in [2.05, 4.69) is 5.32 Å². The molecule has 3 aromatic rings. The predicted octanol–water partition coefficient (Wildman–Crippen LogP) is 5.41. The Kier molecular flexibility index (Phi) is 6.15. The largest absolute Gasteiger partial charge is 0.481 e. The van der Waals surface area contributed by atoms with Crippen LogP contribution in [0.15, 0.2) is 72.8 Å². The van der Waals surface area contributed by atoms with E-state index in [1.807, 2.05) is 36.4 Å². The molecule has 0 heterocycles. The second-order valence-corrected chi connectivity index (χ2v) is 6.38. The summed E-state index contributed by atoms with van der Waals surface area (Å²) in [4.78, 5) is 12.6. The molecule has 0 aromatic heterocycles. The van der Waals surface area contributed by atoms with Gasteiger partial charge in [0.2, 0.25) is 0 Å². The van der Waals surface area contributed by atoms with E-state index in [4.69, 9.17) is 26.3 Å². The Hall–Kier alpha value is -3.49. The van der Waals surface area contributed by atoms with Gasteiger partial charge in [0.1, 0.15) is 11.5 Å². The maximum Gasteiger partial charge on any atom is 0.265 e. The molecule has 140 valence electrons. The summed E-state index contributed by atoms with van der Waals surface area (Å²) >= 11 is 6.08. The van der Waals surface area contributed by atoms with E-state index in [0.717, 1.165) is 0 Å². The van der Waals surface area contributed by atoms with E-state index in [9.17, 15) is 4.79 Å². The molecule has 1 amide bonds. The van der Waals surface area contributed by atoms with E-state index in [1.165, 1.54) is 0 Å². The summed E-state index contributed by atoms with van der Waals surface area (Å²) in [6.45, 7) is 1.63. The second kappa shape index (κ2) is 8.94. The van der Waals surface area contributed by atoms with Crippen LogP contribution in [0.1, 0.15) is 12.5 Å². The topological polar surface area (TPSA) is 71.3 Å². The number of hydrogen-bond donors (Lipinski definition) is 1. The van der Waals surface area contributed by atoms with Gasteiger partial charge in [-0.1, -0.05) is 29.8 Å². The Labute approximate surface area is 168 Å². The van der Waals surface area contributed by atoms with Crippen LogP contribution < -0.4 is 14.8 Å². The lowest BCUT2D eigenvalue weighted by atomic mass is 10.2. The number of amides is 1. The van der Waals surface area contributed by atoms with Gasteiger partial charge < -0.3 is 14.8 Å². The van der Waals surface area contributed by atoms with Gasteiger partial charge in [0, 0.05) is 5.02 Å². The first-order valence-corrected chi connectivity index (χ1v) is 8.93. The highest BCUT2D eigenvalue weighted by atomic mass is 35.5. The van der Waals surface area contributed by atoms with Crippen molar-refractivity contribution in [2.24, 2.45) is 0 Å². The van der Waals surface area contributed by atoms with Crippen molar-refractivity contribution in [3.8, 4) is 23.3 Å². The number of para-hydroxylation sites is 1. The molecule has 0 saturated heterocycles. The fraction of sp³-hybridized carbons (Fsp3) is 0.0909. The zero-order valence-electron chi connectivity index (χ0n) is 15.1. The molecule has 0 radical (unpaired) electrons. The lowest BCUT2D eigenvalue weighted by molar-refractivity contribution is -0.122. The van der Waals surface area contributed by atoms with Crippen LogP contribution in [0.2, 0.25) is 5.02 Å². The molecule has 5 nitrogen and oxygen atoms in total. The number of carbonyl (C=O) groups is 1. The van der Waals surface area contributed by atoms with Crippen LogP contribution in [0.5, 0.6) is 17.2 Å². The molecule has 0 spiro atoms. The van der Waals surface area contributed by atoms with Crippen LogP contribution in [0, 0.1) is 11.3 Å². The van der Waals surface area contributed by atoms with Gasteiger partial charge in [-0.05, 0) is 61.5 Å². The average Bonchev–Trinajstić information content (AvgIpc) is 2.71. The molecule has 1 unspecified atom stereocenters. The highest BCUT2D eigenvalue weighted by molar-refractivity contribution is 6.31. The molecule has 0 aliphatic carbocycles. The molecule has 6 heteroatoms. The van der Waals surface area contributed by atoms with Crippen molar-refractivity contribution in [1.29, 1.82) is 5.26 Å². The molecular formula is C22H17ClN2O3. The van der Waals surface area contributed by atoms with Gasteiger partial charge in [-0.3, -0.25) is 4.79 Å². The molecule has 0 aliphatic rings. The molecule has 0 bridgehead atoms. The zero-order valence-corrected chi connectivity index (χ0v) is 15.8. The Bertz CT molecular complexity index is 999. The predicted molar refractivity (Wildman–Crippen MR) is 108 cm³/mol. The van der Waals surface area contributed by atoms with E-state index in [1.54, 1.807) is 49.4 Å². The van der Waals surface area contributed by atoms with Crippen LogP contribution in [-0.2, 0) is 4.79 Å². The van der Waals surface area contributed by atoms with Crippen molar-refractivity contribution in [3.05, 3.63) is 83.4 Å². The summed E-state index contributed by atoms with van der Waals surface area (Å²) in [6.07, 6.45) is -0.767. The number of rotatable bonds is 6. The third-order valence-electron chi connectivity index (χ3n) is 3.84. The highest BCUT2D eigenvalue weighted by Crippen LogP contribution is 2.32. The second-order valence-electron chi connectivity index (χ2n) is 5.94. The van der Waals surface area contributed by atoms with Gasteiger partial charge >= 0.3 is 0 Å². The number of nitrogens with zero attached hydrogens (tertiary/aromatic N) is 1. The Morgan fingerprint density at radius 2 is 1.75 bits per heavy atom. The van der Waals surface area contributed by atoms with E-state index in [-0.39, 0.29) is 5.91 Å². The molecule has 28 heavy (non-hydrogen) atoms. The number of benzene rings is 3. The number of nitrogens with one attached hydrogen (secondary N) is 1. The molecular weight excluding hydrogens is 376 g/mol. The molecule has 0 aliphatic heterocycles. The Balaban J connectivity index is 1.71. The molecule has 0 fully saturated rings. The van der Waals surface area contributed by atoms with E-state index in [0.29, 0.717) is 33.5 Å². The van der Waals surface area contributed by atoms with Crippen LogP contribution >= 0.6 is 11.6 Å². The maximum absolute atomic E-state index is 12.6. The van der Waals surface area contributed by atoms with Crippen LogP contribution in [0.3, 0.4) is 0 Å². The summed E-state index contributed by atoms with van der Waals surface area (Å²) in [5.74, 6) is 1.25. The summed E-state index contributed by atoms with van der Waals surface area (Å²) in [5, 5.41) is 12.1. The number of halogens is 1. The molecule has 0 saturated carbocycles. The normalized spacial score (nSPS) is 11.2. The van der Waals surface area contributed by atoms with Gasteiger partial charge in [-0.25, -0.2) is 0 Å². The summed E-state index contributed by atoms with van der Waals surface area (Å²) in [7, 11) is 0. The fourth-order valence-corrected chi connectivity index (χ4v) is 2.58. The van der Waals surface area contributed by atoms with Crippen molar-refractivity contribution in [2.45, 2.75) is 13.0 Å². The van der Waals surface area contributed by atoms with Crippen LogP contribution in [-0.4, -0.2) is 12.0 Å². The number of hydrogen-bond acceptors (Lipinski definition) is 4. The summed E-state index contributed by atoms with van der Waals surface area (Å²) in [6, 6.07) is 22.8. The SMILES string of the molecule is CC(Oc1ccc(C#N)cc1)C(=O)Nc1cc(Cl)ccc1Oc1ccccc1. The monoisotopic (exact) mass is 392 g/mol.